The fourth-order valence-corrected chi connectivity index (χ4v) is 5.87. The third-order valence-electron chi connectivity index (χ3n) is 8.43. The molecule has 0 aliphatic heterocycles. The molecule has 4 aromatic rings. The summed E-state index contributed by atoms with van der Waals surface area (Å²) in [6.45, 7) is 12.6. The van der Waals surface area contributed by atoms with Crippen LogP contribution in [0.3, 0.4) is 0 Å². The van der Waals surface area contributed by atoms with Gasteiger partial charge in [-0.1, -0.05) is 54.4 Å². The van der Waals surface area contributed by atoms with Crippen LogP contribution in [0.15, 0.2) is 83.3 Å². The van der Waals surface area contributed by atoms with Crippen LogP contribution in [-0.2, 0) is 10.8 Å². The second-order valence-electron chi connectivity index (χ2n) is 13.9. The molecule has 228 valence electrons. The van der Waals surface area contributed by atoms with Crippen LogP contribution in [0, 0.1) is 0 Å². The van der Waals surface area contributed by atoms with Crippen molar-refractivity contribution in [2.24, 2.45) is 9.98 Å². The van der Waals surface area contributed by atoms with Crippen molar-refractivity contribution in [3.8, 4) is 33.8 Å². The molecule has 2 heterocycles. The van der Waals surface area contributed by atoms with Gasteiger partial charge >= 0.3 is 0 Å². The molecular formula is C38H44N4O2. The smallest absolute Gasteiger partial charge is 0.128 e. The standard InChI is InChI=1S/C38H44N4O2/c1-37(2,3)31-21-27(25-11-15-39-16-12-25)19-29(35(31)43)23-41-33-9-7-8-10-34(33)42-24-30-20-28(26-13-17-40-18-14-26)22-32(36(30)44)38(4,5)6/h11-24,33-34,43-44H,7-10H2,1-6H3/t33-,34-/m1/s1. The monoisotopic (exact) mass is 588 g/mol. The predicted molar refractivity (Wildman–Crippen MR) is 181 cm³/mol. The first kappa shape index (κ1) is 31.1. The molecule has 6 heteroatoms. The third kappa shape index (κ3) is 7.07. The Balaban J connectivity index is 1.48. The molecule has 1 aliphatic rings. The van der Waals surface area contributed by atoms with E-state index in [4.69, 9.17) is 9.98 Å². The summed E-state index contributed by atoms with van der Waals surface area (Å²) in [6.07, 6.45) is 14.8. The van der Waals surface area contributed by atoms with Crippen LogP contribution in [0.1, 0.15) is 89.5 Å². The number of benzene rings is 2. The van der Waals surface area contributed by atoms with Gasteiger partial charge in [0.05, 0.1) is 12.1 Å². The Morgan fingerprint density at radius 1 is 0.591 bits per heavy atom. The van der Waals surface area contributed by atoms with Gasteiger partial charge in [-0.2, -0.15) is 0 Å². The number of nitrogens with zero attached hydrogens (tertiary/aromatic N) is 4. The Morgan fingerprint density at radius 2 is 0.955 bits per heavy atom. The lowest BCUT2D eigenvalue weighted by Crippen LogP contribution is -2.27. The topological polar surface area (TPSA) is 91.0 Å². The number of aromatic hydroxyl groups is 2. The van der Waals surface area contributed by atoms with Crippen LogP contribution < -0.4 is 0 Å². The summed E-state index contributed by atoms with van der Waals surface area (Å²) in [4.78, 5) is 18.4. The van der Waals surface area contributed by atoms with Crippen LogP contribution in [-0.4, -0.2) is 44.7 Å². The van der Waals surface area contributed by atoms with Crippen molar-refractivity contribution in [2.75, 3.05) is 0 Å². The Bertz CT molecular complexity index is 1520. The van der Waals surface area contributed by atoms with E-state index in [1.165, 1.54) is 0 Å². The van der Waals surface area contributed by atoms with Crippen molar-refractivity contribution >= 4 is 12.4 Å². The summed E-state index contributed by atoms with van der Waals surface area (Å²) in [7, 11) is 0. The molecule has 6 nitrogen and oxygen atoms in total. The molecule has 0 amide bonds. The fourth-order valence-electron chi connectivity index (χ4n) is 5.87. The van der Waals surface area contributed by atoms with Gasteiger partial charge in [-0.05, 0) is 94.5 Å². The van der Waals surface area contributed by atoms with Gasteiger partial charge < -0.3 is 10.2 Å². The molecule has 0 saturated heterocycles. The van der Waals surface area contributed by atoms with Crippen molar-refractivity contribution < 1.29 is 10.2 Å². The number of phenolic OH excluding ortho intramolecular Hbond substituents is 2. The van der Waals surface area contributed by atoms with Gasteiger partial charge in [0.2, 0.25) is 0 Å². The van der Waals surface area contributed by atoms with Crippen LogP contribution in [0.2, 0.25) is 0 Å². The van der Waals surface area contributed by atoms with E-state index in [1.807, 2.05) is 48.8 Å². The molecule has 0 unspecified atom stereocenters. The van der Waals surface area contributed by atoms with E-state index in [0.29, 0.717) is 11.1 Å². The van der Waals surface area contributed by atoms with Gasteiger partial charge in [-0.3, -0.25) is 20.0 Å². The summed E-state index contributed by atoms with van der Waals surface area (Å²) >= 11 is 0. The highest BCUT2D eigenvalue weighted by molar-refractivity contribution is 5.89. The number of phenols is 2. The molecule has 1 aliphatic carbocycles. The van der Waals surface area contributed by atoms with Gasteiger partial charge in [-0.15, -0.1) is 0 Å². The lowest BCUT2D eigenvalue weighted by atomic mass is 9.83. The number of hydrogen-bond donors (Lipinski definition) is 2. The summed E-state index contributed by atoms with van der Waals surface area (Å²) in [5.41, 5.74) is 6.81. The van der Waals surface area contributed by atoms with E-state index >= 15 is 0 Å². The first-order valence-electron chi connectivity index (χ1n) is 15.5. The summed E-state index contributed by atoms with van der Waals surface area (Å²) in [6, 6.07) is 16.0. The zero-order valence-electron chi connectivity index (χ0n) is 26.7. The van der Waals surface area contributed by atoms with Crippen LogP contribution >= 0.6 is 0 Å². The number of hydrogen-bond acceptors (Lipinski definition) is 6. The molecule has 2 aromatic heterocycles. The van der Waals surface area contributed by atoms with Crippen molar-refractivity contribution in [1.82, 2.24) is 9.97 Å². The maximum absolute atomic E-state index is 11.3. The molecule has 1 fully saturated rings. The van der Waals surface area contributed by atoms with E-state index in [1.54, 1.807) is 24.8 Å². The van der Waals surface area contributed by atoms with Crippen LogP contribution in [0.25, 0.3) is 22.3 Å². The van der Waals surface area contributed by atoms with Gasteiger partial charge in [-0.25, -0.2) is 0 Å². The van der Waals surface area contributed by atoms with Crippen molar-refractivity contribution in [2.45, 2.75) is 90.1 Å². The van der Waals surface area contributed by atoms with E-state index in [9.17, 15) is 10.2 Å². The molecule has 2 aromatic carbocycles. The molecule has 44 heavy (non-hydrogen) atoms. The Labute approximate surface area is 261 Å². The molecule has 0 spiro atoms. The molecule has 0 radical (unpaired) electrons. The zero-order chi connectivity index (χ0) is 31.5. The Morgan fingerprint density at radius 3 is 1.30 bits per heavy atom. The van der Waals surface area contributed by atoms with Gasteiger partial charge in [0.25, 0.3) is 0 Å². The molecule has 5 rings (SSSR count). The third-order valence-corrected chi connectivity index (χ3v) is 8.43. The zero-order valence-corrected chi connectivity index (χ0v) is 26.7. The SMILES string of the molecule is CC(C)(C)c1cc(-c2ccncc2)cc(C=N[C@@H]2CCCC[C@H]2N=Cc2cc(-c3ccncc3)cc(C(C)(C)C)c2O)c1O. The number of rotatable bonds is 6. The second kappa shape index (κ2) is 12.7. The van der Waals surface area contributed by atoms with Crippen molar-refractivity contribution in [1.29, 1.82) is 0 Å². The first-order chi connectivity index (χ1) is 20.9. The van der Waals surface area contributed by atoms with Gasteiger partial charge in [0.1, 0.15) is 11.5 Å². The van der Waals surface area contributed by atoms with Gasteiger partial charge in [0.15, 0.2) is 0 Å². The normalized spacial score (nSPS) is 17.9. The molecule has 0 bridgehead atoms. The van der Waals surface area contributed by atoms with Crippen molar-refractivity contribution in [3.05, 3.63) is 95.6 Å². The van der Waals surface area contributed by atoms with Gasteiger partial charge in [0, 0.05) is 59.5 Å². The van der Waals surface area contributed by atoms with Crippen LogP contribution in [0.4, 0.5) is 0 Å². The lowest BCUT2D eigenvalue weighted by Gasteiger charge is -2.26. The average molecular weight is 589 g/mol. The Hall–Kier alpha value is -4.32. The maximum atomic E-state index is 11.3. The average Bonchev–Trinajstić information content (AvgIpc) is 3.00. The minimum atomic E-state index is -0.244. The largest absolute Gasteiger partial charge is 0.507 e. The molecule has 2 atom stereocenters. The molecular weight excluding hydrogens is 544 g/mol. The summed E-state index contributed by atoms with van der Waals surface area (Å²) < 4.78 is 0. The highest BCUT2D eigenvalue weighted by Gasteiger charge is 2.26. The quantitative estimate of drug-likeness (QED) is 0.221. The predicted octanol–water partition coefficient (Wildman–Crippen LogP) is 8.67. The number of pyridine rings is 2. The van der Waals surface area contributed by atoms with E-state index < -0.39 is 0 Å². The Kier molecular flexibility index (Phi) is 9.00. The highest BCUT2D eigenvalue weighted by Crippen LogP contribution is 2.38. The first-order valence-corrected chi connectivity index (χ1v) is 15.5. The lowest BCUT2D eigenvalue weighted by molar-refractivity contribution is 0.390. The highest BCUT2D eigenvalue weighted by atomic mass is 16.3. The maximum Gasteiger partial charge on any atom is 0.128 e. The number of aromatic nitrogens is 2. The van der Waals surface area contributed by atoms with Crippen molar-refractivity contribution in [3.63, 3.8) is 0 Å². The van der Waals surface area contributed by atoms with E-state index in [0.717, 1.165) is 59.1 Å². The van der Waals surface area contributed by atoms with E-state index in [-0.39, 0.29) is 34.4 Å². The van der Waals surface area contributed by atoms with E-state index in [2.05, 4.69) is 63.6 Å². The second-order valence-corrected chi connectivity index (χ2v) is 13.9. The molecule has 2 N–H and O–H groups in total. The minimum absolute atomic E-state index is 0.0188. The fraction of sp³-hybridized carbons (Fsp3) is 0.368. The number of aliphatic imine (C=N–C) groups is 2. The van der Waals surface area contributed by atoms with Crippen LogP contribution in [0.5, 0.6) is 11.5 Å². The minimum Gasteiger partial charge on any atom is -0.507 e. The summed E-state index contributed by atoms with van der Waals surface area (Å²) in [5.74, 6) is 0.532. The molecule has 1 saturated carbocycles. The summed E-state index contributed by atoms with van der Waals surface area (Å²) in [5, 5.41) is 22.6.